The van der Waals surface area contributed by atoms with E-state index in [1.807, 2.05) is 17.9 Å². The average molecular weight is 657 g/mol. The number of alkyl halides is 6. The second-order valence-corrected chi connectivity index (χ2v) is 13.7. The molecule has 46 heavy (non-hydrogen) atoms. The molecule has 2 aromatic rings. The van der Waals surface area contributed by atoms with Crippen LogP contribution in [0.1, 0.15) is 63.3 Å². The van der Waals surface area contributed by atoms with Gasteiger partial charge >= 0.3 is 12.4 Å². The summed E-state index contributed by atoms with van der Waals surface area (Å²) in [5.41, 5.74) is -3.75. The van der Waals surface area contributed by atoms with Crippen LogP contribution in [0.4, 0.5) is 32.0 Å². The lowest BCUT2D eigenvalue weighted by Gasteiger charge is -2.43. The summed E-state index contributed by atoms with van der Waals surface area (Å²) in [5.74, 6) is 0.851. The van der Waals surface area contributed by atoms with Crippen LogP contribution >= 0.6 is 0 Å². The Hall–Kier alpha value is -3.03. The number of rotatable bonds is 7. The standard InChI is InChI=1S/C33H42F6N4O3/c1-6-7-22-14-25(31(45,32(34,35)36)33(37,38)39)8-10-26(22)43-13-12-42(17-21(43)2)28(44)18-41-19-30(5,40-20-41)24-9-11-27-23(15-24)16-29(3,4)46-27/h8-11,14-15,21,40,45H,6-7,12-13,16-20H2,1-5H3/t21?,30-/m1/s1. The molecule has 1 unspecified atom stereocenters. The molecule has 0 spiro atoms. The molecule has 5 rings (SSSR count). The smallest absolute Gasteiger partial charge is 0.430 e. The van der Waals surface area contributed by atoms with Gasteiger partial charge in [0.05, 0.1) is 12.1 Å². The average Bonchev–Trinajstić information content (AvgIpc) is 3.49. The van der Waals surface area contributed by atoms with Gasteiger partial charge in [0, 0.05) is 56.6 Å². The fourth-order valence-corrected chi connectivity index (χ4v) is 6.98. The van der Waals surface area contributed by atoms with Crippen molar-refractivity contribution >= 4 is 11.6 Å². The van der Waals surface area contributed by atoms with Crippen molar-refractivity contribution < 1.29 is 41.0 Å². The van der Waals surface area contributed by atoms with E-state index in [1.54, 1.807) is 11.8 Å². The number of carbonyl (C=O) groups is 1. The normalized spacial score (nSPS) is 23.9. The Balaban J connectivity index is 1.24. The fraction of sp³-hybridized carbons (Fsp3) is 0.606. The van der Waals surface area contributed by atoms with Gasteiger partial charge in [0.2, 0.25) is 5.91 Å². The number of nitrogens with zero attached hydrogens (tertiary/aromatic N) is 3. The number of anilines is 1. The quantitative estimate of drug-likeness (QED) is 0.385. The molecule has 254 valence electrons. The summed E-state index contributed by atoms with van der Waals surface area (Å²) in [7, 11) is 0. The molecule has 2 aromatic carbocycles. The van der Waals surface area contributed by atoms with Gasteiger partial charge in [0.15, 0.2) is 0 Å². The van der Waals surface area contributed by atoms with Crippen LogP contribution in [0.2, 0.25) is 0 Å². The summed E-state index contributed by atoms with van der Waals surface area (Å²) >= 11 is 0. The van der Waals surface area contributed by atoms with E-state index >= 15 is 0 Å². The summed E-state index contributed by atoms with van der Waals surface area (Å²) in [6.07, 6.45) is -10.4. The molecule has 1 amide bonds. The molecule has 0 bridgehead atoms. The lowest BCUT2D eigenvalue weighted by Crippen LogP contribution is -2.56. The van der Waals surface area contributed by atoms with Crippen molar-refractivity contribution in [2.24, 2.45) is 0 Å². The molecule has 3 heterocycles. The third kappa shape index (κ3) is 6.29. The van der Waals surface area contributed by atoms with Crippen LogP contribution < -0.4 is 15.0 Å². The number of carbonyl (C=O) groups excluding carboxylic acids is 1. The number of ether oxygens (including phenoxy) is 1. The predicted octanol–water partition coefficient (Wildman–Crippen LogP) is 5.48. The molecule has 2 saturated heterocycles. The monoisotopic (exact) mass is 656 g/mol. The van der Waals surface area contributed by atoms with Gasteiger partial charge in [-0.05, 0) is 62.9 Å². The summed E-state index contributed by atoms with van der Waals surface area (Å²) < 4.78 is 87.4. The molecular weight excluding hydrogens is 614 g/mol. The van der Waals surface area contributed by atoms with Crippen LogP contribution in [0, 0.1) is 0 Å². The Morgan fingerprint density at radius 3 is 2.37 bits per heavy atom. The number of benzene rings is 2. The minimum absolute atomic E-state index is 0.0498. The first kappa shape index (κ1) is 34.3. The van der Waals surface area contributed by atoms with Gasteiger partial charge in [-0.3, -0.25) is 15.0 Å². The summed E-state index contributed by atoms with van der Waals surface area (Å²) in [6.45, 7) is 12.3. The number of fused-ring (bicyclic) bond motifs is 1. The molecule has 7 nitrogen and oxygen atoms in total. The Morgan fingerprint density at radius 2 is 1.74 bits per heavy atom. The largest absolute Gasteiger partial charge is 0.487 e. The van der Waals surface area contributed by atoms with Gasteiger partial charge in [-0.2, -0.15) is 26.3 Å². The molecule has 0 aromatic heterocycles. The SMILES string of the molecule is CCCc1cc(C(O)(C(F)(F)F)C(F)(F)F)ccc1N1CCN(C(=O)CN2CN[C@@](C)(c3ccc4c(c3)CC(C)(C)O4)C2)CC1C. The molecular formula is C33H42F6N4O3. The number of halogens is 6. The fourth-order valence-electron chi connectivity index (χ4n) is 6.98. The number of hydrogen-bond donors (Lipinski definition) is 2. The van der Waals surface area contributed by atoms with Crippen LogP contribution in [0.15, 0.2) is 36.4 Å². The van der Waals surface area contributed by atoms with Crippen LogP contribution in [0.3, 0.4) is 0 Å². The first-order valence-corrected chi connectivity index (χ1v) is 15.6. The number of aryl methyl sites for hydroxylation is 1. The highest BCUT2D eigenvalue weighted by atomic mass is 19.4. The van der Waals surface area contributed by atoms with Crippen molar-refractivity contribution in [3.05, 3.63) is 58.7 Å². The van der Waals surface area contributed by atoms with Crippen LogP contribution in [-0.2, 0) is 28.8 Å². The highest BCUT2D eigenvalue weighted by Gasteiger charge is 2.71. The molecule has 3 aliphatic heterocycles. The third-order valence-electron chi connectivity index (χ3n) is 9.42. The predicted molar refractivity (Wildman–Crippen MR) is 162 cm³/mol. The van der Waals surface area contributed by atoms with E-state index in [0.29, 0.717) is 51.0 Å². The first-order valence-electron chi connectivity index (χ1n) is 15.6. The van der Waals surface area contributed by atoms with E-state index in [9.17, 15) is 36.2 Å². The van der Waals surface area contributed by atoms with Crippen molar-refractivity contribution in [3.8, 4) is 5.75 Å². The van der Waals surface area contributed by atoms with Crippen molar-refractivity contribution in [1.29, 1.82) is 0 Å². The molecule has 0 aliphatic carbocycles. The van der Waals surface area contributed by atoms with E-state index in [0.717, 1.165) is 23.8 Å². The number of piperazine rings is 1. The molecule has 2 fully saturated rings. The lowest BCUT2D eigenvalue weighted by molar-refractivity contribution is -0.376. The van der Waals surface area contributed by atoms with Gasteiger partial charge in [0.25, 0.3) is 5.60 Å². The summed E-state index contributed by atoms with van der Waals surface area (Å²) in [5, 5.41) is 13.5. The first-order chi connectivity index (χ1) is 21.3. The third-order valence-corrected chi connectivity index (χ3v) is 9.42. The van der Waals surface area contributed by atoms with Crippen LogP contribution in [-0.4, -0.2) is 84.2 Å². The Morgan fingerprint density at radius 1 is 1.04 bits per heavy atom. The van der Waals surface area contributed by atoms with Crippen LogP contribution in [0.25, 0.3) is 0 Å². The number of aliphatic hydroxyl groups is 1. The molecule has 2 N–H and O–H groups in total. The van der Waals surface area contributed by atoms with Gasteiger partial charge in [-0.25, -0.2) is 0 Å². The van der Waals surface area contributed by atoms with Gasteiger partial charge in [-0.15, -0.1) is 0 Å². The van der Waals surface area contributed by atoms with E-state index in [1.165, 1.54) is 11.6 Å². The summed E-state index contributed by atoms with van der Waals surface area (Å²) in [4.78, 5) is 19.1. The molecule has 13 heteroatoms. The zero-order chi connectivity index (χ0) is 33.9. The topological polar surface area (TPSA) is 68.3 Å². The maximum Gasteiger partial charge on any atom is 0.430 e. The van der Waals surface area contributed by atoms with Gasteiger partial charge in [-0.1, -0.05) is 37.6 Å². The van der Waals surface area contributed by atoms with Crippen molar-refractivity contribution in [1.82, 2.24) is 15.1 Å². The molecule has 3 aliphatic rings. The van der Waals surface area contributed by atoms with E-state index in [4.69, 9.17) is 4.74 Å². The second kappa shape index (κ2) is 11.9. The highest BCUT2D eigenvalue weighted by Crippen LogP contribution is 2.50. The minimum Gasteiger partial charge on any atom is -0.487 e. The highest BCUT2D eigenvalue weighted by molar-refractivity contribution is 5.79. The van der Waals surface area contributed by atoms with E-state index in [-0.39, 0.29) is 41.6 Å². The zero-order valence-corrected chi connectivity index (χ0v) is 26.8. The van der Waals surface area contributed by atoms with Crippen LogP contribution in [0.5, 0.6) is 5.75 Å². The molecule has 0 saturated carbocycles. The van der Waals surface area contributed by atoms with Gasteiger partial charge < -0.3 is 19.6 Å². The number of amides is 1. The Kier molecular flexibility index (Phi) is 8.87. The maximum absolute atomic E-state index is 13.6. The van der Waals surface area contributed by atoms with Crippen molar-refractivity contribution in [2.75, 3.05) is 44.3 Å². The Labute approximate surface area is 265 Å². The molecule has 0 radical (unpaired) electrons. The molecule has 2 atom stereocenters. The number of hydrogen-bond acceptors (Lipinski definition) is 6. The van der Waals surface area contributed by atoms with Gasteiger partial charge in [0.1, 0.15) is 11.4 Å². The van der Waals surface area contributed by atoms with E-state index < -0.39 is 23.5 Å². The summed E-state index contributed by atoms with van der Waals surface area (Å²) in [6, 6.07) is 8.74. The maximum atomic E-state index is 13.6. The van der Waals surface area contributed by atoms with Crippen molar-refractivity contribution in [2.45, 2.75) is 89.0 Å². The number of nitrogens with one attached hydrogen (secondary N) is 1. The Bertz CT molecular complexity index is 1450. The zero-order valence-electron chi connectivity index (χ0n) is 26.8. The minimum atomic E-state index is -5.95. The van der Waals surface area contributed by atoms with Crippen molar-refractivity contribution in [3.63, 3.8) is 0 Å². The lowest BCUT2D eigenvalue weighted by atomic mass is 9.89. The second-order valence-electron chi connectivity index (χ2n) is 13.7. The van der Waals surface area contributed by atoms with E-state index in [2.05, 4.69) is 43.1 Å².